The summed E-state index contributed by atoms with van der Waals surface area (Å²) in [4.78, 5) is 28.8. The van der Waals surface area contributed by atoms with Gasteiger partial charge in [0.05, 0.1) is 23.0 Å². The minimum absolute atomic E-state index is 0.113. The van der Waals surface area contributed by atoms with Crippen LogP contribution in [-0.4, -0.2) is 16.7 Å². The molecule has 4 rings (SSSR count). The van der Waals surface area contributed by atoms with Gasteiger partial charge in [0.25, 0.3) is 0 Å². The molecule has 0 radical (unpaired) electrons. The zero-order valence-corrected chi connectivity index (χ0v) is 18.3. The first-order valence-corrected chi connectivity index (χ1v) is 10.3. The van der Waals surface area contributed by atoms with E-state index in [-0.39, 0.29) is 22.5 Å². The summed E-state index contributed by atoms with van der Waals surface area (Å²) >= 11 is 12.1. The molecule has 5 nitrogen and oxygen atoms in total. The molecular formula is C24H18Cl2N2O3. The molecule has 0 saturated carbocycles. The lowest BCUT2D eigenvalue weighted by atomic mass is 10.0. The number of furan rings is 1. The molecule has 4 aromatic rings. The summed E-state index contributed by atoms with van der Waals surface area (Å²) < 4.78 is 5.95. The molecule has 1 N–H and O–H groups in total. The molecule has 1 amide bonds. The van der Waals surface area contributed by atoms with E-state index in [1.807, 2.05) is 43.3 Å². The SMILES string of the molecule is CC(=O)NCc1cccc(-c2ccc3c(C)c(C(=O)c4ccc(Cl)cc4Cl)oc3c2)n1. The number of carbonyl (C=O) groups excluding carboxylic acids is 2. The molecule has 156 valence electrons. The number of halogens is 2. The average Bonchev–Trinajstić information content (AvgIpc) is 3.08. The number of nitrogens with one attached hydrogen (secondary N) is 1. The number of pyridine rings is 1. The molecule has 2 aromatic carbocycles. The van der Waals surface area contributed by atoms with E-state index < -0.39 is 0 Å². The van der Waals surface area contributed by atoms with Gasteiger partial charge < -0.3 is 9.73 Å². The number of hydrogen-bond acceptors (Lipinski definition) is 4. The number of benzene rings is 2. The lowest BCUT2D eigenvalue weighted by Gasteiger charge is -2.05. The predicted molar refractivity (Wildman–Crippen MR) is 122 cm³/mol. The Morgan fingerprint density at radius 2 is 1.87 bits per heavy atom. The van der Waals surface area contributed by atoms with E-state index >= 15 is 0 Å². The smallest absolute Gasteiger partial charge is 0.229 e. The monoisotopic (exact) mass is 452 g/mol. The summed E-state index contributed by atoms with van der Waals surface area (Å²) in [5.74, 6) is -0.172. The van der Waals surface area contributed by atoms with Crippen molar-refractivity contribution in [3.63, 3.8) is 0 Å². The first kappa shape index (κ1) is 21.1. The molecule has 0 fully saturated rings. The number of aryl methyl sites for hydroxylation is 1. The largest absolute Gasteiger partial charge is 0.452 e. The molecule has 0 aliphatic heterocycles. The third kappa shape index (κ3) is 4.33. The Bertz CT molecular complexity index is 1330. The molecule has 0 unspecified atom stereocenters. The van der Waals surface area contributed by atoms with Crippen molar-refractivity contribution >= 4 is 45.9 Å². The first-order valence-electron chi connectivity index (χ1n) is 9.57. The number of rotatable bonds is 5. The van der Waals surface area contributed by atoms with E-state index in [0.29, 0.717) is 22.7 Å². The van der Waals surface area contributed by atoms with Crippen molar-refractivity contribution < 1.29 is 14.0 Å². The maximum Gasteiger partial charge on any atom is 0.229 e. The van der Waals surface area contributed by atoms with Gasteiger partial charge in [0.2, 0.25) is 11.7 Å². The van der Waals surface area contributed by atoms with Crippen molar-refractivity contribution in [2.24, 2.45) is 0 Å². The maximum absolute atomic E-state index is 13.0. The van der Waals surface area contributed by atoms with E-state index in [2.05, 4.69) is 10.3 Å². The topological polar surface area (TPSA) is 72.2 Å². The van der Waals surface area contributed by atoms with Gasteiger partial charge in [0, 0.05) is 34.0 Å². The summed E-state index contributed by atoms with van der Waals surface area (Å²) in [6.07, 6.45) is 0. The van der Waals surface area contributed by atoms with E-state index in [9.17, 15) is 9.59 Å². The molecule has 0 saturated heterocycles. The van der Waals surface area contributed by atoms with Gasteiger partial charge in [-0.15, -0.1) is 0 Å². The molecule has 2 aromatic heterocycles. The lowest BCUT2D eigenvalue weighted by molar-refractivity contribution is -0.119. The summed E-state index contributed by atoms with van der Waals surface area (Å²) in [5, 5.41) is 4.32. The van der Waals surface area contributed by atoms with Crippen LogP contribution in [0.1, 0.15) is 34.3 Å². The Hall–Kier alpha value is -3.15. The highest BCUT2D eigenvalue weighted by molar-refractivity contribution is 6.37. The fourth-order valence-electron chi connectivity index (χ4n) is 3.35. The Morgan fingerprint density at radius 3 is 2.61 bits per heavy atom. The van der Waals surface area contributed by atoms with Crippen molar-refractivity contribution in [3.05, 3.63) is 87.2 Å². The van der Waals surface area contributed by atoms with Gasteiger partial charge in [-0.1, -0.05) is 41.4 Å². The van der Waals surface area contributed by atoms with Crippen LogP contribution in [0, 0.1) is 6.92 Å². The van der Waals surface area contributed by atoms with Gasteiger partial charge in [-0.05, 0) is 43.3 Å². The molecule has 2 heterocycles. The fourth-order valence-corrected chi connectivity index (χ4v) is 3.85. The Kier molecular flexibility index (Phi) is 5.81. The Labute approximate surface area is 189 Å². The van der Waals surface area contributed by atoms with Crippen LogP contribution in [0.15, 0.2) is 59.0 Å². The predicted octanol–water partition coefficient (Wildman–Crippen LogP) is 5.98. The summed E-state index contributed by atoms with van der Waals surface area (Å²) in [5.41, 5.74) is 3.99. The van der Waals surface area contributed by atoms with Crippen molar-refractivity contribution in [2.45, 2.75) is 20.4 Å². The second-order valence-corrected chi connectivity index (χ2v) is 7.99. The first-order chi connectivity index (χ1) is 14.8. The van der Waals surface area contributed by atoms with Gasteiger partial charge in [-0.2, -0.15) is 0 Å². The van der Waals surface area contributed by atoms with Gasteiger partial charge in [-0.3, -0.25) is 14.6 Å². The normalized spacial score (nSPS) is 11.0. The van der Waals surface area contributed by atoms with Crippen LogP contribution in [0.5, 0.6) is 0 Å². The second-order valence-electron chi connectivity index (χ2n) is 7.14. The number of hydrogen-bond donors (Lipinski definition) is 1. The van der Waals surface area contributed by atoms with Crippen LogP contribution in [-0.2, 0) is 11.3 Å². The zero-order chi connectivity index (χ0) is 22.1. The van der Waals surface area contributed by atoms with Gasteiger partial charge in [0.15, 0.2) is 5.76 Å². The van der Waals surface area contributed by atoms with E-state index in [0.717, 1.165) is 27.9 Å². The number of aromatic nitrogens is 1. The van der Waals surface area contributed by atoms with Gasteiger partial charge >= 0.3 is 0 Å². The van der Waals surface area contributed by atoms with E-state index in [1.165, 1.54) is 13.0 Å². The van der Waals surface area contributed by atoms with E-state index in [1.54, 1.807) is 12.1 Å². The molecular weight excluding hydrogens is 435 g/mol. The highest BCUT2D eigenvalue weighted by atomic mass is 35.5. The van der Waals surface area contributed by atoms with Crippen LogP contribution >= 0.6 is 23.2 Å². The van der Waals surface area contributed by atoms with Crippen molar-refractivity contribution in [3.8, 4) is 11.3 Å². The number of nitrogens with zero attached hydrogens (tertiary/aromatic N) is 1. The second kappa shape index (κ2) is 8.53. The molecule has 0 spiro atoms. The number of ketones is 1. The molecule has 0 bridgehead atoms. The molecule has 7 heteroatoms. The van der Waals surface area contributed by atoms with Crippen LogP contribution in [0.2, 0.25) is 10.0 Å². The van der Waals surface area contributed by atoms with Crippen LogP contribution in [0.4, 0.5) is 0 Å². The van der Waals surface area contributed by atoms with Crippen molar-refractivity contribution in [1.82, 2.24) is 10.3 Å². The summed E-state index contributed by atoms with van der Waals surface area (Å²) in [7, 11) is 0. The van der Waals surface area contributed by atoms with Gasteiger partial charge in [-0.25, -0.2) is 0 Å². The number of amides is 1. The minimum atomic E-state index is -0.299. The average molecular weight is 453 g/mol. The van der Waals surface area contributed by atoms with Crippen molar-refractivity contribution in [2.75, 3.05) is 0 Å². The lowest BCUT2D eigenvalue weighted by Crippen LogP contribution is -2.19. The van der Waals surface area contributed by atoms with Crippen LogP contribution in [0.3, 0.4) is 0 Å². The highest BCUT2D eigenvalue weighted by Crippen LogP contribution is 2.32. The molecule has 0 aliphatic carbocycles. The van der Waals surface area contributed by atoms with E-state index in [4.69, 9.17) is 27.6 Å². The standard InChI is InChI=1S/C24H18Cl2N2O3/c1-13-18-8-6-15(21-5-3-4-17(28-21)12-27-14(2)29)10-22(18)31-24(13)23(30)19-9-7-16(25)11-20(19)26/h3-11H,12H2,1-2H3,(H,27,29). The molecule has 31 heavy (non-hydrogen) atoms. The van der Waals surface area contributed by atoms with Crippen LogP contribution in [0.25, 0.3) is 22.2 Å². The highest BCUT2D eigenvalue weighted by Gasteiger charge is 2.22. The molecule has 0 aliphatic rings. The molecule has 0 atom stereocenters. The third-order valence-electron chi connectivity index (χ3n) is 4.94. The number of fused-ring (bicyclic) bond motifs is 1. The Balaban J connectivity index is 1.70. The summed E-state index contributed by atoms with van der Waals surface area (Å²) in [6, 6.07) is 16.1. The van der Waals surface area contributed by atoms with Crippen LogP contribution < -0.4 is 5.32 Å². The Morgan fingerprint density at radius 1 is 1.06 bits per heavy atom. The quantitative estimate of drug-likeness (QED) is 0.378. The minimum Gasteiger partial charge on any atom is -0.452 e. The maximum atomic E-state index is 13.0. The summed E-state index contributed by atoms with van der Waals surface area (Å²) in [6.45, 7) is 3.66. The van der Waals surface area contributed by atoms with Gasteiger partial charge in [0.1, 0.15) is 5.58 Å². The third-order valence-corrected chi connectivity index (χ3v) is 5.49. The number of carbonyl (C=O) groups is 2. The zero-order valence-electron chi connectivity index (χ0n) is 16.8. The fraction of sp³-hybridized carbons (Fsp3) is 0.125. The van der Waals surface area contributed by atoms with Crippen molar-refractivity contribution in [1.29, 1.82) is 0 Å².